The van der Waals surface area contributed by atoms with Gasteiger partial charge in [-0.25, -0.2) is 0 Å². The summed E-state index contributed by atoms with van der Waals surface area (Å²) < 4.78 is 5.21. The van der Waals surface area contributed by atoms with Crippen LogP contribution in [0.2, 0.25) is 0 Å². The maximum absolute atomic E-state index is 11.6. The predicted octanol–water partition coefficient (Wildman–Crippen LogP) is 2.26. The second-order valence-electron chi connectivity index (χ2n) is 4.28. The Morgan fingerprint density at radius 1 is 1.28 bits per heavy atom. The van der Waals surface area contributed by atoms with Gasteiger partial charge in [-0.15, -0.1) is 0 Å². The molecule has 2 aromatic rings. The molecule has 18 heavy (non-hydrogen) atoms. The van der Waals surface area contributed by atoms with E-state index in [2.05, 4.69) is 5.32 Å². The SMILES string of the molecule is CC(=O)Nc1ccc2cccc3c2c1CC(=O)O3. The molecule has 0 aromatic heterocycles. The van der Waals surface area contributed by atoms with E-state index in [0.717, 1.165) is 16.3 Å². The molecule has 0 atom stereocenters. The summed E-state index contributed by atoms with van der Waals surface area (Å²) in [5, 5.41) is 4.66. The number of nitrogens with one attached hydrogen (secondary N) is 1. The first-order valence-electron chi connectivity index (χ1n) is 5.68. The molecule has 90 valence electrons. The Hall–Kier alpha value is -2.36. The number of anilines is 1. The molecule has 0 unspecified atom stereocenters. The number of carbonyl (C=O) groups excluding carboxylic acids is 2. The third-order valence-electron chi connectivity index (χ3n) is 2.97. The lowest BCUT2D eigenvalue weighted by atomic mass is 9.97. The number of carbonyl (C=O) groups is 2. The molecule has 2 aromatic carbocycles. The molecule has 1 heterocycles. The van der Waals surface area contributed by atoms with Crippen molar-refractivity contribution < 1.29 is 14.3 Å². The van der Waals surface area contributed by atoms with Gasteiger partial charge in [0, 0.05) is 18.0 Å². The largest absolute Gasteiger partial charge is 0.426 e. The Kier molecular flexibility index (Phi) is 2.30. The minimum atomic E-state index is -0.298. The first kappa shape index (κ1) is 10.8. The zero-order chi connectivity index (χ0) is 12.7. The summed E-state index contributed by atoms with van der Waals surface area (Å²) in [7, 11) is 0. The summed E-state index contributed by atoms with van der Waals surface area (Å²) in [6.45, 7) is 1.45. The van der Waals surface area contributed by atoms with Gasteiger partial charge in [0.2, 0.25) is 5.91 Å². The van der Waals surface area contributed by atoms with E-state index in [4.69, 9.17) is 4.74 Å². The molecule has 1 N–H and O–H groups in total. The fourth-order valence-corrected chi connectivity index (χ4v) is 2.30. The van der Waals surface area contributed by atoms with Crippen molar-refractivity contribution in [3.8, 4) is 5.75 Å². The Morgan fingerprint density at radius 2 is 2.11 bits per heavy atom. The van der Waals surface area contributed by atoms with Crippen molar-refractivity contribution >= 4 is 28.3 Å². The number of rotatable bonds is 1. The molecule has 0 saturated carbocycles. The predicted molar refractivity (Wildman–Crippen MR) is 67.6 cm³/mol. The molecule has 1 aliphatic rings. The fraction of sp³-hybridized carbons (Fsp3) is 0.143. The van der Waals surface area contributed by atoms with Crippen LogP contribution < -0.4 is 10.1 Å². The maximum Gasteiger partial charge on any atom is 0.315 e. The van der Waals surface area contributed by atoms with Crippen LogP contribution in [0, 0.1) is 0 Å². The standard InChI is InChI=1S/C14H11NO3/c1-8(16)15-11-6-5-9-3-2-4-12-14(9)10(11)7-13(17)18-12/h2-6H,7H2,1H3,(H,15,16). The summed E-state index contributed by atoms with van der Waals surface area (Å²) in [6, 6.07) is 9.30. The van der Waals surface area contributed by atoms with Crippen LogP contribution in [-0.4, -0.2) is 11.9 Å². The van der Waals surface area contributed by atoms with Crippen LogP contribution in [0.1, 0.15) is 12.5 Å². The lowest BCUT2D eigenvalue weighted by Gasteiger charge is -2.19. The summed E-state index contributed by atoms with van der Waals surface area (Å²) in [5.74, 6) is 0.112. The highest BCUT2D eigenvalue weighted by Gasteiger charge is 2.22. The average molecular weight is 241 g/mol. The molecular formula is C14H11NO3. The number of ether oxygens (including phenoxy) is 1. The van der Waals surface area contributed by atoms with Crippen molar-refractivity contribution in [2.45, 2.75) is 13.3 Å². The average Bonchev–Trinajstić information content (AvgIpc) is 2.32. The number of benzene rings is 2. The minimum Gasteiger partial charge on any atom is -0.426 e. The third kappa shape index (κ3) is 1.62. The lowest BCUT2D eigenvalue weighted by molar-refractivity contribution is -0.133. The topological polar surface area (TPSA) is 55.4 Å². The highest BCUT2D eigenvalue weighted by atomic mass is 16.5. The van der Waals surface area contributed by atoms with Gasteiger partial charge in [-0.05, 0) is 23.1 Å². The molecule has 0 aliphatic carbocycles. The monoisotopic (exact) mass is 241 g/mol. The van der Waals surface area contributed by atoms with Gasteiger partial charge in [0.1, 0.15) is 5.75 Å². The first-order valence-corrected chi connectivity index (χ1v) is 5.68. The Bertz CT molecular complexity index is 676. The number of hydrogen-bond acceptors (Lipinski definition) is 3. The molecule has 0 fully saturated rings. The van der Waals surface area contributed by atoms with Crippen molar-refractivity contribution in [3.63, 3.8) is 0 Å². The highest BCUT2D eigenvalue weighted by molar-refractivity contribution is 6.03. The van der Waals surface area contributed by atoms with Crippen LogP contribution in [0.15, 0.2) is 30.3 Å². The second kappa shape index (κ2) is 3.84. The Labute approximate surface area is 104 Å². The van der Waals surface area contributed by atoms with E-state index in [1.165, 1.54) is 6.92 Å². The molecule has 0 spiro atoms. The molecule has 1 aliphatic heterocycles. The van der Waals surface area contributed by atoms with Crippen molar-refractivity contribution in [2.24, 2.45) is 0 Å². The van der Waals surface area contributed by atoms with E-state index >= 15 is 0 Å². The van der Waals surface area contributed by atoms with Gasteiger partial charge in [0.15, 0.2) is 0 Å². The smallest absolute Gasteiger partial charge is 0.315 e. The van der Waals surface area contributed by atoms with Gasteiger partial charge in [0.25, 0.3) is 0 Å². The van der Waals surface area contributed by atoms with E-state index < -0.39 is 0 Å². The first-order chi connectivity index (χ1) is 8.65. The molecule has 3 rings (SSSR count). The van der Waals surface area contributed by atoms with Crippen LogP contribution >= 0.6 is 0 Å². The quantitative estimate of drug-likeness (QED) is 0.615. The van der Waals surface area contributed by atoms with Gasteiger partial charge in [-0.3, -0.25) is 9.59 Å². The molecule has 4 nitrogen and oxygen atoms in total. The summed E-state index contributed by atoms with van der Waals surface area (Å²) in [6.07, 6.45) is 0.184. The van der Waals surface area contributed by atoms with Gasteiger partial charge in [-0.2, -0.15) is 0 Å². The fourth-order valence-electron chi connectivity index (χ4n) is 2.30. The van der Waals surface area contributed by atoms with E-state index in [-0.39, 0.29) is 18.3 Å². The van der Waals surface area contributed by atoms with Crippen molar-refractivity contribution in [1.82, 2.24) is 0 Å². The van der Waals surface area contributed by atoms with Crippen molar-refractivity contribution in [2.75, 3.05) is 5.32 Å². The van der Waals surface area contributed by atoms with Crippen LogP contribution in [0.25, 0.3) is 10.8 Å². The maximum atomic E-state index is 11.6. The van der Waals surface area contributed by atoms with E-state index in [0.29, 0.717) is 11.4 Å². The van der Waals surface area contributed by atoms with Crippen LogP contribution in [0.5, 0.6) is 5.75 Å². The van der Waals surface area contributed by atoms with Crippen LogP contribution in [-0.2, 0) is 16.0 Å². The minimum absolute atomic E-state index is 0.151. The van der Waals surface area contributed by atoms with E-state index in [9.17, 15) is 9.59 Å². The molecule has 4 heteroatoms. The summed E-state index contributed by atoms with van der Waals surface area (Å²) in [4.78, 5) is 22.7. The summed E-state index contributed by atoms with van der Waals surface area (Å²) >= 11 is 0. The molecule has 0 bridgehead atoms. The molecule has 1 amide bonds. The number of amides is 1. The van der Waals surface area contributed by atoms with E-state index in [1.807, 2.05) is 24.3 Å². The molecule has 0 radical (unpaired) electrons. The summed E-state index contributed by atoms with van der Waals surface area (Å²) in [5.41, 5.74) is 1.51. The van der Waals surface area contributed by atoms with E-state index in [1.54, 1.807) is 6.07 Å². The lowest BCUT2D eigenvalue weighted by Crippen LogP contribution is -2.19. The normalized spacial score (nSPS) is 13.3. The van der Waals surface area contributed by atoms with Crippen molar-refractivity contribution in [3.05, 3.63) is 35.9 Å². The molecule has 0 saturated heterocycles. The molecular weight excluding hydrogens is 230 g/mol. The Morgan fingerprint density at radius 3 is 2.89 bits per heavy atom. The highest BCUT2D eigenvalue weighted by Crippen LogP contribution is 2.36. The van der Waals surface area contributed by atoms with Gasteiger partial charge >= 0.3 is 5.97 Å². The third-order valence-corrected chi connectivity index (χ3v) is 2.97. The van der Waals surface area contributed by atoms with Crippen molar-refractivity contribution in [1.29, 1.82) is 0 Å². The van der Waals surface area contributed by atoms with Gasteiger partial charge in [0.05, 0.1) is 6.42 Å². The zero-order valence-corrected chi connectivity index (χ0v) is 9.82. The van der Waals surface area contributed by atoms with Crippen LogP contribution in [0.3, 0.4) is 0 Å². The van der Waals surface area contributed by atoms with Gasteiger partial charge in [-0.1, -0.05) is 18.2 Å². The second-order valence-corrected chi connectivity index (χ2v) is 4.28. The number of esters is 1. The van der Waals surface area contributed by atoms with Gasteiger partial charge < -0.3 is 10.1 Å². The number of hydrogen-bond donors (Lipinski definition) is 1. The Balaban J connectivity index is 2.30. The zero-order valence-electron chi connectivity index (χ0n) is 9.82. The van der Waals surface area contributed by atoms with Crippen LogP contribution in [0.4, 0.5) is 5.69 Å².